The van der Waals surface area contributed by atoms with Crippen LogP contribution in [0.3, 0.4) is 0 Å². The van der Waals surface area contributed by atoms with Crippen molar-refractivity contribution < 1.29 is 9.53 Å². The van der Waals surface area contributed by atoms with E-state index >= 15 is 0 Å². The average molecular weight is 383 g/mol. The number of ether oxygens (including phenoxy) is 1. The second-order valence-corrected chi connectivity index (χ2v) is 8.50. The number of nitrogens with zero attached hydrogens (tertiary/aromatic N) is 3. The van der Waals surface area contributed by atoms with Crippen LogP contribution in [0.5, 0.6) is 0 Å². The number of rotatable bonds is 3. The molecule has 0 radical (unpaired) electrons. The van der Waals surface area contributed by atoms with Crippen molar-refractivity contribution in [3.63, 3.8) is 0 Å². The molecule has 0 spiro atoms. The maximum Gasteiger partial charge on any atom is 0.410 e. The Kier molecular flexibility index (Phi) is 4.91. The van der Waals surface area contributed by atoms with Crippen LogP contribution in [-0.2, 0) is 11.2 Å². The van der Waals surface area contributed by atoms with Crippen LogP contribution < -0.4 is 5.32 Å². The highest BCUT2D eigenvalue weighted by Gasteiger charge is 2.36. The molecule has 1 aromatic carbocycles. The van der Waals surface area contributed by atoms with Gasteiger partial charge in [0.05, 0.1) is 12.6 Å². The van der Waals surface area contributed by atoms with Crippen LogP contribution in [0.2, 0.25) is 0 Å². The Morgan fingerprint density at radius 1 is 1.32 bits per heavy atom. The second kappa shape index (κ2) is 7.37. The van der Waals surface area contributed by atoms with Gasteiger partial charge in [-0.3, -0.25) is 4.99 Å². The van der Waals surface area contributed by atoms with Crippen molar-refractivity contribution in [3.8, 4) is 0 Å². The molecular formula is C21H29N5O2. The summed E-state index contributed by atoms with van der Waals surface area (Å²) in [6.07, 6.45) is 0.684. The van der Waals surface area contributed by atoms with E-state index in [4.69, 9.17) is 4.74 Å². The number of benzene rings is 1. The van der Waals surface area contributed by atoms with Crippen molar-refractivity contribution in [3.05, 3.63) is 36.0 Å². The first-order valence-electron chi connectivity index (χ1n) is 9.98. The topological polar surface area (TPSA) is 73.0 Å². The standard InChI is InChI=1S/C21H29N5O2/c1-21(2,3)28-20(27)25-10-11-26-17(14-25)13-23-19(26)22-9-8-16-12-15-6-4-5-7-18(15)24-16/h4-7,12,17,24H,8-11,13-14H2,1-3H3,(H,22,23). The normalized spacial score (nSPS) is 19.5. The minimum atomic E-state index is -0.463. The smallest absolute Gasteiger partial charge is 0.410 e. The van der Waals surface area contributed by atoms with Gasteiger partial charge in [0, 0.05) is 43.8 Å². The molecule has 7 heteroatoms. The van der Waals surface area contributed by atoms with E-state index in [1.54, 1.807) is 4.90 Å². The number of guanidine groups is 1. The molecule has 1 amide bonds. The summed E-state index contributed by atoms with van der Waals surface area (Å²) in [6, 6.07) is 10.8. The first-order chi connectivity index (χ1) is 13.4. The molecule has 150 valence electrons. The molecule has 28 heavy (non-hydrogen) atoms. The summed E-state index contributed by atoms with van der Waals surface area (Å²) >= 11 is 0. The van der Waals surface area contributed by atoms with Crippen LogP contribution in [0.15, 0.2) is 35.3 Å². The highest BCUT2D eigenvalue weighted by atomic mass is 16.6. The zero-order valence-corrected chi connectivity index (χ0v) is 16.9. The van der Waals surface area contributed by atoms with E-state index in [2.05, 4.69) is 44.5 Å². The fourth-order valence-corrected chi connectivity index (χ4v) is 3.80. The number of piperazine rings is 1. The summed E-state index contributed by atoms with van der Waals surface area (Å²) < 4.78 is 5.50. The van der Waals surface area contributed by atoms with E-state index in [1.807, 2.05) is 26.8 Å². The summed E-state index contributed by atoms with van der Waals surface area (Å²) in [5.41, 5.74) is 1.93. The summed E-state index contributed by atoms with van der Waals surface area (Å²) in [4.78, 5) is 24.5. The molecule has 1 atom stereocenters. The van der Waals surface area contributed by atoms with Gasteiger partial charge in [0.2, 0.25) is 0 Å². The number of aromatic nitrogens is 1. The van der Waals surface area contributed by atoms with E-state index in [0.29, 0.717) is 19.6 Å². The number of para-hydroxylation sites is 1. The summed E-state index contributed by atoms with van der Waals surface area (Å²) in [5, 5.41) is 4.72. The fraction of sp³-hybridized carbons (Fsp3) is 0.524. The summed E-state index contributed by atoms with van der Waals surface area (Å²) in [7, 11) is 0. The Labute approximate surface area is 165 Å². The molecule has 2 aliphatic heterocycles. The number of amides is 1. The van der Waals surface area contributed by atoms with Gasteiger partial charge in [-0.15, -0.1) is 0 Å². The minimum absolute atomic E-state index is 0.229. The zero-order valence-electron chi connectivity index (χ0n) is 16.9. The first kappa shape index (κ1) is 18.7. The van der Waals surface area contributed by atoms with Crippen molar-refractivity contribution in [2.45, 2.75) is 38.8 Å². The number of carbonyl (C=O) groups excluding carboxylic acids is 1. The first-order valence-corrected chi connectivity index (χ1v) is 9.98. The molecule has 0 saturated carbocycles. The highest BCUT2D eigenvalue weighted by molar-refractivity contribution is 5.83. The lowest BCUT2D eigenvalue weighted by Gasteiger charge is -2.39. The summed E-state index contributed by atoms with van der Waals surface area (Å²) in [5.74, 6) is 0.949. The largest absolute Gasteiger partial charge is 0.444 e. The number of hydrogen-bond donors (Lipinski definition) is 2. The van der Waals surface area contributed by atoms with Crippen LogP contribution in [0.4, 0.5) is 4.79 Å². The lowest BCUT2D eigenvalue weighted by atomic mass is 10.2. The van der Waals surface area contributed by atoms with Gasteiger partial charge in [0.1, 0.15) is 5.60 Å². The quantitative estimate of drug-likeness (QED) is 0.855. The molecule has 3 heterocycles. The van der Waals surface area contributed by atoms with Gasteiger partial charge in [0.25, 0.3) is 0 Å². The van der Waals surface area contributed by atoms with Gasteiger partial charge < -0.3 is 24.8 Å². The van der Waals surface area contributed by atoms with Crippen LogP contribution >= 0.6 is 0 Å². The molecule has 2 aliphatic rings. The van der Waals surface area contributed by atoms with Crippen LogP contribution in [0.25, 0.3) is 10.9 Å². The monoisotopic (exact) mass is 383 g/mol. The van der Waals surface area contributed by atoms with Crippen LogP contribution in [0.1, 0.15) is 26.5 Å². The third-order valence-corrected chi connectivity index (χ3v) is 5.12. The maximum absolute atomic E-state index is 12.3. The van der Waals surface area contributed by atoms with Crippen molar-refractivity contribution >= 4 is 23.0 Å². The number of aromatic amines is 1. The van der Waals surface area contributed by atoms with Gasteiger partial charge in [0.15, 0.2) is 5.96 Å². The Balaban J connectivity index is 1.27. The van der Waals surface area contributed by atoms with E-state index in [1.165, 1.54) is 16.6 Å². The average Bonchev–Trinajstić information content (AvgIpc) is 3.23. The molecule has 7 nitrogen and oxygen atoms in total. The Bertz CT molecular complexity index is 849. The number of fused-ring (bicyclic) bond motifs is 2. The van der Waals surface area contributed by atoms with Crippen LogP contribution in [-0.4, -0.2) is 71.2 Å². The van der Waals surface area contributed by atoms with E-state index in [-0.39, 0.29) is 12.1 Å². The van der Waals surface area contributed by atoms with E-state index in [0.717, 1.165) is 25.5 Å². The lowest BCUT2D eigenvalue weighted by Crippen LogP contribution is -2.57. The fourth-order valence-electron chi connectivity index (χ4n) is 3.80. The van der Waals surface area contributed by atoms with Crippen molar-refractivity contribution in [2.24, 2.45) is 4.99 Å². The molecule has 2 aromatic rings. The highest BCUT2D eigenvalue weighted by Crippen LogP contribution is 2.19. The van der Waals surface area contributed by atoms with Crippen LogP contribution in [0, 0.1) is 0 Å². The molecule has 0 bridgehead atoms. The SMILES string of the molecule is CC(C)(C)OC(=O)N1CCN2C(NCCc3cc4ccccc4[nH]3)=NCC2C1. The number of carbonyl (C=O) groups is 1. The Morgan fingerprint density at radius 2 is 2.14 bits per heavy atom. The molecule has 1 fully saturated rings. The molecule has 0 aliphatic carbocycles. The molecule has 1 unspecified atom stereocenters. The third-order valence-electron chi connectivity index (χ3n) is 5.12. The van der Waals surface area contributed by atoms with Crippen molar-refractivity contribution in [2.75, 3.05) is 32.7 Å². The number of aliphatic imine (C=N–C) groups is 1. The maximum atomic E-state index is 12.3. The predicted octanol–water partition coefficient (Wildman–Crippen LogP) is 2.59. The second-order valence-electron chi connectivity index (χ2n) is 8.50. The molecule has 4 rings (SSSR count). The molecule has 2 N–H and O–H groups in total. The number of hydrogen-bond acceptors (Lipinski definition) is 5. The zero-order chi connectivity index (χ0) is 19.7. The predicted molar refractivity (Wildman–Crippen MR) is 111 cm³/mol. The molecular weight excluding hydrogens is 354 g/mol. The van der Waals surface area contributed by atoms with Crippen molar-refractivity contribution in [1.29, 1.82) is 0 Å². The Morgan fingerprint density at radius 3 is 2.93 bits per heavy atom. The molecule has 1 aromatic heterocycles. The van der Waals surface area contributed by atoms with Gasteiger partial charge in [-0.2, -0.15) is 0 Å². The summed E-state index contributed by atoms with van der Waals surface area (Å²) in [6.45, 7) is 9.33. The minimum Gasteiger partial charge on any atom is -0.444 e. The van der Waals surface area contributed by atoms with Gasteiger partial charge in [-0.05, 0) is 38.3 Å². The van der Waals surface area contributed by atoms with Crippen molar-refractivity contribution in [1.82, 2.24) is 20.1 Å². The number of H-pyrrole nitrogens is 1. The van der Waals surface area contributed by atoms with Gasteiger partial charge in [-0.25, -0.2) is 4.79 Å². The molecule has 1 saturated heterocycles. The van der Waals surface area contributed by atoms with E-state index in [9.17, 15) is 4.79 Å². The van der Waals surface area contributed by atoms with Gasteiger partial charge in [-0.1, -0.05) is 18.2 Å². The lowest BCUT2D eigenvalue weighted by molar-refractivity contribution is 0.0137. The number of nitrogens with one attached hydrogen (secondary N) is 2. The van der Waals surface area contributed by atoms with E-state index < -0.39 is 5.60 Å². The van der Waals surface area contributed by atoms with Gasteiger partial charge >= 0.3 is 6.09 Å². The third kappa shape index (κ3) is 4.08. The Hall–Kier alpha value is -2.70.